The molecule has 104 valence electrons. The maximum Gasteiger partial charge on any atom is 0.273 e. The van der Waals surface area contributed by atoms with Gasteiger partial charge in [0.2, 0.25) is 5.91 Å². The van der Waals surface area contributed by atoms with E-state index in [4.69, 9.17) is 0 Å². The van der Waals surface area contributed by atoms with Gasteiger partial charge in [0, 0.05) is 6.42 Å². The van der Waals surface area contributed by atoms with E-state index in [1.807, 2.05) is 20.8 Å². The number of nitrogens with one attached hydrogen (secondary N) is 2. The summed E-state index contributed by atoms with van der Waals surface area (Å²) in [6, 6.07) is 6.15. The van der Waals surface area contributed by atoms with Crippen molar-refractivity contribution < 1.29 is 14.7 Å². The van der Waals surface area contributed by atoms with Crippen LogP contribution in [0, 0.1) is 11.8 Å². The van der Waals surface area contributed by atoms with Crippen molar-refractivity contribution >= 4 is 11.8 Å². The van der Waals surface area contributed by atoms with Crippen molar-refractivity contribution in [1.82, 2.24) is 10.9 Å². The molecule has 0 aliphatic carbocycles. The zero-order valence-electron chi connectivity index (χ0n) is 11.4. The van der Waals surface area contributed by atoms with Crippen LogP contribution in [0.1, 0.15) is 37.6 Å². The number of carbonyl (C=O) groups excluding carboxylic acids is 2. The van der Waals surface area contributed by atoms with E-state index in [2.05, 4.69) is 10.9 Å². The maximum absolute atomic E-state index is 11.7. The van der Waals surface area contributed by atoms with E-state index in [-0.39, 0.29) is 23.1 Å². The van der Waals surface area contributed by atoms with Gasteiger partial charge in [-0.15, -0.1) is 0 Å². The average molecular weight is 264 g/mol. The van der Waals surface area contributed by atoms with E-state index >= 15 is 0 Å². The normalized spacial score (nSPS) is 12.0. The number of phenols is 1. The second-order valence-electron chi connectivity index (χ2n) is 4.94. The van der Waals surface area contributed by atoms with Gasteiger partial charge in [-0.2, -0.15) is 0 Å². The van der Waals surface area contributed by atoms with Gasteiger partial charge in [-0.1, -0.05) is 32.9 Å². The van der Waals surface area contributed by atoms with Crippen LogP contribution in [-0.2, 0) is 4.79 Å². The Balaban J connectivity index is 2.47. The molecule has 5 heteroatoms. The van der Waals surface area contributed by atoms with Crippen LogP contribution < -0.4 is 10.9 Å². The van der Waals surface area contributed by atoms with Gasteiger partial charge in [0.1, 0.15) is 5.75 Å². The molecule has 3 N–H and O–H groups in total. The lowest BCUT2D eigenvalue weighted by molar-refractivity contribution is -0.123. The third-order valence-electron chi connectivity index (χ3n) is 3.11. The van der Waals surface area contributed by atoms with E-state index in [1.165, 1.54) is 12.1 Å². The molecule has 1 aromatic carbocycles. The molecule has 5 nitrogen and oxygen atoms in total. The number of phenolic OH excluding ortho intramolecular Hbond substituents is 1. The lowest BCUT2D eigenvalue weighted by Gasteiger charge is -2.15. The predicted octanol–water partition coefficient (Wildman–Crippen LogP) is 1.84. The number of hydrogen-bond donors (Lipinski definition) is 3. The van der Waals surface area contributed by atoms with Gasteiger partial charge in [-0.3, -0.25) is 20.4 Å². The zero-order chi connectivity index (χ0) is 14.4. The fourth-order valence-corrected chi connectivity index (χ4v) is 1.44. The number of benzene rings is 1. The minimum atomic E-state index is -0.538. The molecule has 0 aromatic heterocycles. The monoisotopic (exact) mass is 264 g/mol. The summed E-state index contributed by atoms with van der Waals surface area (Å²) in [5.41, 5.74) is 4.75. The van der Waals surface area contributed by atoms with Crippen LogP contribution in [0.2, 0.25) is 0 Å². The minimum Gasteiger partial charge on any atom is -0.507 e. The van der Waals surface area contributed by atoms with Crippen LogP contribution in [0.25, 0.3) is 0 Å². The van der Waals surface area contributed by atoms with Gasteiger partial charge in [0.25, 0.3) is 5.91 Å². The van der Waals surface area contributed by atoms with Crippen molar-refractivity contribution in [2.45, 2.75) is 27.2 Å². The van der Waals surface area contributed by atoms with Crippen molar-refractivity contribution in [2.24, 2.45) is 11.8 Å². The molecule has 1 atom stereocenters. The van der Waals surface area contributed by atoms with Gasteiger partial charge < -0.3 is 5.11 Å². The molecular weight excluding hydrogens is 244 g/mol. The highest BCUT2D eigenvalue weighted by molar-refractivity contribution is 5.97. The molecule has 0 radical (unpaired) electrons. The summed E-state index contributed by atoms with van der Waals surface area (Å²) in [5.74, 6) is -0.264. The van der Waals surface area contributed by atoms with Crippen LogP contribution in [0.15, 0.2) is 24.3 Å². The van der Waals surface area contributed by atoms with E-state index < -0.39 is 5.91 Å². The van der Waals surface area contributed by atoms with Crippen molar-refractivity contribution in [1.29, 1.82) is 0 Å². The quantitative estimate of drug-likeness (QED) is 0.726. The second kappa shape index (κ2) is 6.78. The largest absolute Gasteiger partial charge is 0.507 e. The Morgan fingerprint density at radius 3 is 2.37 bits per heavy atom. The summed E-state index contributed by atoms with van der Waals surface area (Å²) >= 11 is 0. The molecule has 2 amide bonds. The first-order valence-corrected chi connectivity index (χ1v) is 6.29. The molecule has 19 heavy (non-hydrogen) atoms. The average Bonchev–Trinajstić information content (AvgIpc) is 2.36. The molecule has 0 aliphatic heterocycles. The summed E-state index contributed by atoms with van der Waals surface area (Å²) in [6.07, 6.45) is 0.346. The fourth-order valence-electron chi connectivity index (χ4n) is 1.44. The molecule has 1 rings (SSSR count). The molecule has 0 fully saturated rings. The third-order valence-corrected chi connectivity index (χ3v) is 3.11. The first-order chi connectivity index (χ1) is 8.91. The SMILES string of the molecule is CC(C)C(C)CC(=O)NNC(=O)c1ccccc1O. The maximum atomic E-state index is 11.7. The highest BCUT2D eigenvalue weighted by atomic mass is 16.3. The Labute approximate surface area is 113 Å². The number of amides is 2. The summed E-state index contributed by atoms with van der Waals surface area (Å²) in [5, 5.41) is 9.49. The van der Waals surface area contributed by atoms with Crippen LogP contribution in [0.5, 0.6) is 5.75 Å². The Kier molecular flexibility index (Phi) is 5.36. The summed E-state index contributed by atoms with van der Waals surface area (Å²) in [4.78, 5) is 23.3. The van der Waals surface area contributed by atoms with Crippen LogP contribution >= 0.6 is 0 Å². The van der Waals surface area contributed by atoms with E-state index in [0.717, 1.165) is 0 Å². The molecule has 1 aromatic rings. The van der Waals surface area contributed by atoms with E-state index in [0.29, 0.717) is 12.3 Å². The number of para-hydroxylation sites is 1. The molecule has 0 bridgehead atoms. The Hall–Kier alpha value is -2.04. The fraction of sp³-hybridized carbons (Fsp3) is 0.429. The first-order valence-electron chi connectivity index (χ1n) is 6.29. The molecule has 0 spiro atoms. The molecular formula is C14H20N2O3. The topological polar surface area (TPSA) is 78.4 Å². The van der Waals surface area contributed by atoms with Crippen molar-refractivity contribution in [3.8, 4) is 5.75 Å². The number of aromatic hydroxyl groups is 1. The predicted molar refractivity (Wildman–Crippen MR) is 72.3 cm³/mol. The Morgan fingerprint density at radius 1 is 1.16 bits per heavy atom. The van der Waals surface area contributed by atoms with E-state index in [1.54, 1.807) is 12.1 Å². The molecule has 1 unspecified atom stereocenters. The summed E-state index contributed by atoms with van der Waals surface area (Å²) in [6.45, 7) is 6.06. The summed E-state index contributed by atoms with van der Waals surface area (Å²) < 4.78 is 0. The number of hydrazine groups is 1. The lowest BCUT2D eigenvalue weighted by atomic mass is 9.95. The van der Waals surface area contributed by atoms with Gasteiger partial charge in [-0.25, -0.2) is 0 Å². The van der Waals surface area contributed by atoms with Crippen molar-refractivity contribution in [3.05, 3.63) is 29.8 Å². The second-order valence-corrected chi connectivity index (χ2v) is 4.94. The molecule has 0 saturated heterocycles. The highest BCUT2D eigenvalue weighted by Crippen LogP contribution is 2.15. The third kappa shape index (κ3) is 4.62. The van der Waals surface area contributed by atoms with Crippen LogP contribution in [0.3, 0.4) is 0 Å². The van der Waals surface area contributed by atoms with Crippen molar-refractivity contribution in [3.63, 3.8) is 0 Å². The van der Waals surface area contributed by atoms with Crippen molar-refractivity contribution in [2.75, 3.05) is 0 Å². The van der Waals surface area contributed by atoms with Gasteiger partial charge >= 0.3 is 0 Å². The lowest BCUT2D eigenvalue weighted by Crippen LogP contribution is -2.42. The number of carbonyl (C=O) groups is 2. The smallest absolute Gasteiger partial charge is 0.273 e. The van der Waals surface area contributed by atoms with E-state index in [9.17, 15) is 14.7 Å². The number of rotatable bonds is 4. The number of hydrogen-bond acceptors (Lipinski definition) is 3. The Bertz CT molecular complexity index is 458. The van der Waals surface area contributed by atoms with Gasteiger partial charge in [0.05, 0.1) is 5.56 Å². The standard InChI is InChI=1S/C14H20N2O3/c1-9(2)10(3)8-13(18)15-16-14(19)11-6-4-5-7-12(11)17/h4-7,9-10,17H,8H2,1-3H3,(H,15,18)(H,16,19). The van der Waals surface area contributed by atoms with Gasteiger partial charge in [-0.05, 0) is 24.0 Å². The molecule has 0 heterocycles. The van der Waals surface area contributed by atoms with Crippen LogP contribution in [0.4, 0.5) is 0 Å². The zero-order valence-corrected chi connectivity index (χ0v) is 11.4. The highest BCUT2D eigenvalue weighted by Gasteiger charge is 2.14. The molecule has 0 saturated carbocycles. The first kappa shape index (κ1) is 15.0. The minimum absolute atomic E-state index is 0.121. The molecule has 0 aliphatic rings. The Morgan fingerprint density at radius 2 is 1.79 bits per heavy atom. The summed E-state index contributed by atoms with van der Waals surface area (Å²) in [7, 11) is 0. The van der Waals surface area contributed by atoms with Crippen LogP contribution in [-0.4, -0.2) is 16.9 Å². The van der Waals surface area contributed by atoms with Gasteiger partial charge in [0.15, 0.2) is 0 Å².